The van der Waals surface area contributed by atoms with Crippen LogP contribution in [0.15, 0.2) is 22.7 Å². The first-order chi connectivity index (χ1) is 12.0. The van der Waals surface area contributed by atoms with E-state index in [0.717, 1.165) is 15.6 Å². The Labute approximate surface area is 163 Å². The number of alkyl carbamates (subject to hydrolysis) is 1. The summed E-state index contributed by atoms with van der Waals surface area (Å²) < 4.78 is 12.2. The molecule has 0 aliphatic rings. The third-order valence-corrected chi connectivity index (χ3v) is 4.27. The van der Waals surface area contributed by atoms with Crippen molar-refractivity contribution in [3.8, 4) is 0 Å². The van der Waals surface area contributed by atoms with Gasteiger partial charge in [0.05, 0.1) is 18.8 Å². The van der Waals surface area contributed by atoms with Crippen LogP contribution in [0.25, 0.3) is 0 Å². The van der Waals surface area contributed by atoms with Crippen LogP contribution in [0.5, 0.6) is 0 Å². The molecule has 1 rings (SSSR count). The molecule has 1 aromatic carbocycles. The molecule has 0 unspecified atom stereocenters. The minimum Gasteiger partial charge on any atom is -0.444 e. The third kappa shape index (κ3) is 8.67. The molecule has 0 aliphatic carbocycles. The summed E-state index contributed by atoms with van der Waals surface area (Å²) in [4.78, 5) is 23.2. The smallest absolute Gasteiger partial charge is 0.407 e. The zero-order chi connectivity index (χ0) is 19.9. The Morgan fingerprint density at radius 3 is 2.50 bits per heavy atom. The highest BCUT2D eigenvalue weighted by Crippen LogP contribution is 2.18. The van der Waals surface area contributed by atoms with Crippen LogP contribution in [0.2, 0.25) is 0 Å². The fourth-order valence-electron chi connectivity index (χ4n) is 2.34. The number of primary amides is 1. The highest BCUT2D eigenvalue weighted by molar-refractivity contribution is 9.10. The standard InChI is InChI=1S/C19H29BrN2O4/c1-12-10-15(20)7-6-14(12)11-25-13(2)16(8-9-17(21)23)22-18(24)26-19(3,4)5/h6-7,10,13,16H,8-9,11H2,1-5H3,(H2,21,23)(H,22,24)/t13-,16+/m1/s1. The highest BCUT2D eigenvalue weighted by Gasteiger charge is 2.24. The van der Waals surface area contributed by atoms with Crippen LogP contribution in [0, 0.1) is 6.92 Å². The summed E-state index contributed by atoms with van der Waals surface area (Å²) in [5.41, 5.74) is 6.82. The Kier molecular flexibility index (Phi) is 8.56. The van der Waals surface area contributed by atoms with Gasteiger partial charge in [0, 0.05) is 10.9 Å². The Balaban J connectivity index is 2.71. The SMILES string of the molecule is Cc1cc(Br)ccc1CO[C@H](C)[C@H](CCC(N)=O)NC(=O)OC(C)(C)C. The van der Waals surface area contributed by atoms with Gasteiger partial charge in [-0.1, -0.05) is 22.0 Å². The highest BCUT2D eigenvalue weighted by atomic mass is 79.9. The van der Waals surface area contributed by atoms with Gasteiger partial charge in [0.1, 0.15) is 5.60 Å². The first kappa shape index (κ1) is 22.4. The van der Waals surface area contributed by atoms with Crippen LogP contribution in [-0.2, 0) is 20.9 Å². The molecule has 0 aromatic heterocycles. The Morgan fingerprint density at radius 1 is 1.31 bits per heavy atom. The summed E-state index contributed by atoms with van der Waals surface area (Å²) in [6.07, 6.45) is -0.312. The van der Waals surface area contributed by atoms with Crippen molar-refractivity contribution < 1.29 is 19.1 Å². The topological polar surface area (TPSA) is 90.6 Å². The van der Waals surface area contributed by atoms with Crippen molar-refractivity contribution in [2.24, 2.45) is 5.73 Å². The van der Waals surface area contributed by atoms with Crippen molar-refractivity contribution >= 4 is 27.9 Å². The zero-order valence-corrected chi connectivity index (χ0v) is 17.7. The molecule has 0 heterocycles. The molecule has 0 spiro atoms. The van der Waals surface area contributed by atoms with Gasteiger partial charge in [0.15, 0.2) is 0 Å². The lowest BCUT2D eigenvalue weighted by molar-refractivity contribution is -0.118. The minimum atomic E-state index is -0.600. The lowest BCUT2D eigenvalue weighted by atomic mass is 10.1. The fraction of sp³-hybridized carbons (Fsp3) is 0.579. The second kappa shape index (κ2) is 9.92. The average Bonchev–Trinajstić information content (AvgIpc) is 2.48. The summed E-state index contributed by atoms with van der Waals surface area (Å²) in [7, 11) is 0. The molecule has 2 amide bonds. The van der Waals surface area contributed by atoms with E-state index in [4.69, 9.17) is 15.2 Å². The third-order valence-electron chi connectivity index (χ3n) is 3.78. The number of halogens is 1. The average molecular weight is 429 g/mol. The van der Waals surface area contributed by atoms with Gasteiger partial charge in [-0.15, -0.1) is 0 Å². The van der Waals surface area contributed by atoms with Gasteiger partial charge in [0.25, 0.3) is 0 Å². The molecular weight excluding hydrogens is 400 g/mol. The number of rotatable bonds is 8. The summed E-state index contributed by atoms with van der Waals surface area (Å²) in [6, 6.07) is 5.59. The number of nitrogens with one attached hydrogen (secondary N) is 1. The lowest BCUT2D eigenvalue weighted by Crippen LogP contribution is -2.45. The van der Waals surface area contributed by atoms with Crippen molar-refractivity contribution in [1.82, 2.24) is 5.32 Å². The molecule has 1 aromatic rings. The summed E-state index contributed by atoms with van der Waals surface area (Å²) in [6.45, 7) is 9.65. The van der Waals surface area contributed by atoms with E-state index in [0.29, 0.717) is 13.0 Å². The Bertz CT molecular complexity index is 628. The molecule has 2 atom stereocenters. The van der Waals surface area contributed by atoms with E-state index in [9.17, 15) is 9.59 Å². The van der Waals surface area contributed by atoms with Gasteiger partial charge in [-0.25, -0.2) is 4.79 Å². The van der Waals surface area contributed by atoms with Crippen molar-refractivity contribution in [2.45, 2.75) is 71.8 Å². The molecule has 3 N–H and O–H groups in total. The monoisotopic (exact) mass is 428 g/mol. The Hall–Kier alpha value is -1.60. The maximum absolute atomic E-state index is 12.1. The molecular formula is C19H29BrN2O4. The number of nitrogens with two attached hydrogens (primary N) is 1. The predicted octanol–water partition coefficient (Wildman–Crippen LogP) is 3.82. The second-order valence-corrected chi connectivity index (χ2v) is 8.26. The number of ether oxygens (including phenoxy) is 2. The first-order valence-electron chi connectivity index (χ1n) is 8.62. The van der Waals surface area contributed by atoms with Gasteiger partial charge in [-0.3, -0.25) is 4.79 Å². The number of benzene rings is 1. The van der Waals surface area contributed by atoms with Gasteiger partial charge in [-0.2, -0.15) is 0 Å². The molecule has 0 aliphatic heterocycles. The van der Waals surface area contributed by atoms with Gasteiger partial charge in [-0.05, 0) is 64.3 Å². The van der Waals surface area contributed by atoms with Crippen molar-refractivity contribution in [1.29, 1.82) is 0 Å². The van der Waals surface area contributed by atoms with Crippen LogP contribution in [0.3, 0.4) is 0 Å². The number of hydrogen-bond donors (Lipinski definition) is 2. The fourth-order valence-corrected chi connectivity index (χ4v) is 2.82. The molecule has 0 saturated carbocycles. The Morgan fingerprint density at radius 2 is 1.96 bits per heavy atom. The molecule has 0 saturated heterocycles. The second-order valence-electron chi connectivity index (χ2n) is 7.34. The molecule has 26 heavy (non-hydrogen) atoms. The summed E-state index contributed by atoms with van der Waals surface area (Å²) in [5.74, 6) is -0.419. The van der Waals surface area contributed by atoms with Crippen LogP contribution in [0.1, 0.15) is 51.7 Å². The summed E-state index contributed by atoms with van der Waals surface area (Å²) >= 11 is 3.44. The zero-order valence-electron chi connectivity index (χ0n) is 16.1. The van der Waals surface area contributed by atoms with Gasteiger partial charge < -0.3 is 20.5 Å². The minimum absolute atomic E-state index is 0.158. The molecule has 0 bridgehead atoms. The van der Waals surface area contributed by atoms with E-state index in [-0.39, 0.29) is 18.6 Å². The number of carbonyl (C=O) groups excluding carboxylic acids is 2. The van der Waals surface area contributed by atoms with E-state index >= 15 is 0 Å². The van der Waals surface area contributed by atoms with Crippen molar-refractivity contribution in [3.63, 3.8) is 0 Å². The van der Waals surface area contributed by atoms with Crippen LogP contribution in [-0.4, -0.2) is 29.7 Å². The van der Waals surface area contributed by atoms with Crippen LogP contribution >= 0.6 is 15.9 Å². The van der Waals surface area contributed by atoms with Crippen LogP contribution < -0.4 is 11.1 Å². The van der Waals surface area contributed by atoms with E-state index in [1.54, 1.807) is 20.8 Å². The number of aryl methyl sites for hydroxylation is 1. The van der Waals surface area contributed by atoms with E-state index in [2.05, 4.69) is 21.2 Å². The van der Waals surface area contributed by atoms with E-state index < -0.39 is 17.6 Å². The van der Waals surface area contributed by atoms with Gasteiger partial charge in [0.2, 0.25) is 5.91 Å². The summed E-state index contributed by atoms with van der Waals surface area (Å²) in [5, 5.41) is 2.79. The normalized spacial score (nSPS) is 13.8. The number of hydrogen-bond acceptors (Lipinski definition) is 4. The molecule has 7 heteroatoms. The lowest BCUT2D eigenvalue weighted by Gasteiger charge is -2.27. The maximum atomic E-state index is 12.1. The first-order valence-corrected chi connectivity index (χ1v) is 9.41. The largest absolute Gasteiger partial charge is 0.444 e. The van der Waals surface area contributed by atoms with Crippen molar-refractivity contribution in [3.05, 3.63) is 33.8 Å². The number of carbonyl (C=O) groups is 2. The quantitative estimate of drug-likeness (QED) is 0.657. The van der Waals surface area contributed by atoms with E-state index in [1.165, 1.54) is 0 Å². The maximum Gasteiger partial charge on any atom is 0.407 e. The van der Waals surface area contributed by atoms with Crippen molar-refractivity contribution in [2.75, 3.05) is 0 Å². The molecule has 146 valence electrons. The van der Waals surface area contributed by atoms with Crippen LogP contribution in [0.4, 0.5) is 4.79 Å². The van der Waals surface area contributed by atoms with Gasteiger partial charge >= 0.3 is 6.09 Å². The van der Waals surface area contributed by atoms with E-state index in [1.807, 2.05) is 32.0 Å². The predicted molar refractivity (Wildman–Crippen MR) is 105 cm³/mol. The molecule has 0 fully saturated rings. The number of amides is 2. The molecule has 0 radical (unpaired) electrons. The molecule has 6 nitrogen and oxygen atoms in total.